The van der Waals surface area contributed by atoms with Crippen molar-refractivity contribution < 1.29 is 14.7 Å². The minimum absolute atomic E-state index is 0.0166. The Kier molecular flexibility index (Phi) is 4.10. The zero-order valence-electron chi connectivity index (χ0n) is 10.7. The van der Waals surface area contributed by atoms with Gasteiger partial charge in [0.25, 0.3) is 0 Å². The molecule has 2 rings (SSSR count). The van der Waals surface area contributed by atoms with E-state index in [9.17, 15) is 9.59 Å². The average molecular weight is 282 g/mol. The van der Waals surface area contributed by atoms with E-state index < -0.39 is 5.97 Å². The van der Waals surface area contributed by atoms with Crippen LogP contribution in [0.2, 0.25) is 0 Å². The number of alkyl halides is 1. The number of hydrogen-bond donors (Lipinski definition) is 1. The molecule has 4 nitrogen and oxygen atoms in total. The number of aryl methyl sites for hydroxylation is 1. The first-order valence-electron chi connectivity index (χ1n) is 6.29. The number of amides is 1. The van der Waals surface area contributed by atoms with Crippen molar-refractivity contribution in [3.8, 4) is 0 Å². The van der Waals surface area contributed by atoms with Gasteiger partial charge in [0.15, 0.2) is 0 Å². The summed E-state index contributed by atoms with van der Waals surface area (Å²) in [6, 6.07) is 4.93. The number of carboxylic acid groups (broad SMARTS) is 1. The van der Waals surface area contributed by atoms with Crippen LogP contribution in [-0.2, 0) is 11.2 Å². The van der Waals surface area contributed by atoms with E-state index >= 15 is 0 Å². The van der Waals surface area contributed by atoms with Gasteiger partial charge in [-0.1, -0.05) is 13.0 Å². The van der Waals surface area contributed by atoms with Gasteiger partial charge >= 0.3 is 5.97 Å². The fourth-order valence-electron chi connectivity index (χ4n) is 2.36. The molecule has 0 bridgehead atoms. The van der Waals surface area contributed by atoms with Gasteiger partial charge in [-0.05, 0) is 30.0 Å². The molecule has 19 heavy (non-hydrogen) atoms. The summed E-state index contributed by atoms with van der Waals surface area (Å²) < 4.78 is 0. The molecule has 1 aliphatic rings. The molecule has 0 spiro atoms. The highest BCUT2D eigenvalue weighted by Crippen LogP contribution is 2.30. The molecule has 0 aliphatic carbocycles. The van der Waals surface area contributed by atoms with Gasteiger partial charge < -0.3 is 10.0 Å². The fourth-order valence-corrected chi connectivity index (χ4v) is 2.57. The van der Waals surface area contributed by atoms with Crippen molar-refractivity contribution >= 4 is 29.2 Å². The van der Waals surface area contributed by atoms with Gasteiger partial charge in [0.1, 0.15) is 0 Å². The van der Waals surface area contributed by atoms with E-state index in [1.165, 1.54) is 0 Å². The SMILES string of the molecule is CCc1ccc(C(=O)O)cc1N1CC(CCl)CC1=O. The lowest BCUT2D eigenvalue weighted by molar-refractivity contribution is -0.117. The summed E-state index contributed by atoms with van der Waals surface area (Å²) >= 11 is 5.81. The zero-order valence-corrected chi connectivity index (χ0v) is 11.5. The van der Waals surface area contributed by atoms with Crippen molar-refractivity contribution in [2.45, 2.75) is 19.8 Å². The van der Waals surface area contributed by atoms with Gasteiger partial charge in [-0.25, -0.2) is 4.79 Å². The summed E-state index contributed by atoms with van der Waals surface area (Å²) in [6.07, 6.45) is 1.19. The highest BCUT2D eigenvalue weighted by atomic mass is 35.5. The van der Waals surface area contributed by atoms with Gasteiger partial charge in [-0.2, -0.15) is 0 Å². The molecule has 1 aliphatic heterocycles. The Hall–Kier alpha value is -1.55. The largest absolute Gasteiger partial charge is 0.478 e. The molecule has 1 saturated heterocycles. The van der Waals surface area contributed by atoms with Crippen LogP contribution in [-0.4, -0.2) is 29.4 Å². The van der Waals surface area contributed by atoms with Crippen molar-refractivity contribution in [1.29, 1.82) is 0 Å². The molecule has 1 heterocycles. The fraction of sp³-hybridized carbons (Fsp3) is 0.429. The third kappa shape index (κ3) is 2.73. The predicted molar refractivity (Wildman–Crippen MR) is 74.0 cm³/mol. The van der Waals surface area contributed by atoms with Gasteiger partial charge in [0.2, 0.25) is 5.91 Å². The zero-order chi connectivity index (χ0) is 14.0. The van der Waals surface area contributed by atoms with E-state index in [-0.39, 0.29) is 17.4 Å². The molecule has 102 valence electrons. The lowest BCUT2D eigenvalue weighted by Gasteiger charge is -2.20. The molecule has 0 radical (unpaired) electrons. The average Bonchev–Trinajstić information content (AvgIpc) is 2.79. The summed E-state index contributed by atoms with van der Waals surface area (Å²) in [7, 11) is 0. The first-order valence-corrected chi connectivity index (χ1v) is 6.82. The number of nitrogens with zero attached hydrogens (tertiary/aromatic N) is 1. The van der Waals surface area contributed by atoms with Crippen LogP contribution in [0.5, 0.6) is 0 Å². The second-order valence-corrected chi connectivity index (χ2v) is 5.04. The van der Waals surface area contributed by atoms with Crippen LogP contribution in [0.15, 0.2) is 18.2 Å². The van der Waals surface area contributed by atoms with Crippen LogP contribution in [0.4, 0.5) is 5.69 Å². The normalized spacial score (nSPS) is 18.9. The molecule has 1 unspecified atom stereocenters. The Bertz CT molecular complexity index is 515. The number of benzene rings is 1. The molecule has 5 heteroatoms. The Morgan fingerprint density at radius 3 is 2.79 bits per heavy atom. The van der Waals surface area contributed by atoms with E-state index in [2.05, 4.69) is 0 Å². The van der Waals surface area contributed by atoms with Crippen LogP contribution < -0.4 is 4.90 Å². The third-order valence-corrected chi connectivity index (χ3v) is 3.86. The maximum absolute atomic E-state index is 12.0. The Labute approximate surface area is 117 Å². The molecular weight excluding hydrogens is 266 g/mol. The van der Waals surface area contributed by atoms with E-state index in [0.29, 0.717) is 24.5 Å². The van der Waals surface area contributed by atoms with Crippen LogP contribution in [0.1, 0.15) is 29.3 Å². The van der Waals surface area contributed by atoms with Crippen molar-refractivity contribution in [2.75, 3.05) is 17.3 Å². The van der Waals surface area contributed by atoms with Gasteiger partial charge in [0.05, 0.1) is 5.56 Å². The molecule has 0 aromatic heterocycles. The van der Waals surface area contributed by atoms with E-state index in [1.807, 2.05) is 6.92 Å². The summed E-state index contributed by atoms with van der Waals surface area (Å²) in [5, 5.41) is 9.06. The minimum Gasteiger partial charge on any atom is -0.478 e. The molecule has 1 N–H and O–H groups in total. The Morgan fingerprint density at radius 1 is 1.53 bits per heavy atom. The highest BCUT2D eigenvalue weighted by molar-refractivity contribution is 6.18. The summed E-state index contributed by atoms with van der Waals surface area (Å²) in [6.45, 7) is 2.55. The maximum Gasteiger partial charge on any atom is 0.335 e. The minimum atomic E-state index is -0.982. The topological polar surface area (TPSA) is 57.6 Å². The molecule has 1 amide bonds. The summed E-state index contributed by atoms with van der Waals surface area (Å²) in [4.78, 5) is 24.7. The number of rotatable bonds is 4. The van der Waals surface area contributed by atoms with E-state index in [4.69, 9.17) is 16.7 Å². The van der Waals surface area contributed by atoms with Crippen molar-refractivity contribution in [2.24, 2.45) is 5.92 Å². The van der Waals surface area contributed by atoms with Crippen molar-refractivity contribution in [1.82, 2.24) is 0 Å². The number of aromatic carboxylic acids is 1. The summed E-state index contributed by atoms with van der Waals surface area (Å²) in [5.41, 5.74) is 1.89. The number of hydrogen-bond acceptors (Lipinski definition) is 2. The van der Waals surface area contributed by atoms with Crippen LogP contribution in [0.3, 0.4) is 0 Å². The highest BCUT2D eigenvalue weighted by Gasteiger charge is 2.31. The van der Waals surface area contributed by atoms with Crippen LogP contribution in [0, 0.1) is 5.92 Å². The van der Waals surface area contributed by atoms with Crippen molar-refractivity contribution in [3.63, 3.8) is 0 Å². The second-order valence-electron chi connectivity index (χ2n) is 4.73. The van der Waals surface area contributed by atoms with Crippen LogP contribution in [0.25, 0.3) is 0 Å². The Morgan fingerprint density at radius 2 is 2.26 bits per heavy atom. The molecule has 1 atom stereocenters. The number of carbonyl (C=O) groups is 2. The number of halogens is 1. The second kappa shape index (κ2) is 5.61. The first-order chi connectivity index (χ1) is 9.06. The number of anilines is 1. The van der Waals surface area contributed by atoms with E-state index in [0.717, 1.165) is 12.0 Å². The maximum atomic E-state index is 12.0. The van der Waals surface area contributed by atoms with Gasteiger partial charge in [-0.3, -0.25) is 4.79 Å². The molecule has 1 fully saturated rings. The lowest BCUT2D eigenvalue weighted by atomic mass is 10.1. The number of carboxylic acids is 1. The smallest absolute Gasteiger partial charge is 0.335 e. The van der Waals surface area contributed by atoms with Gasteiger partial charge in [0, 0.05) is 24.5 Å². The third-order valence-electron chi connectivity index (χ3n) is 3.43. The van der Waals surface area contributed by atoms with Crippen molar-refractivity contribution in [3.05, 3.63) is 29.3 Å². The lowest BCUT2D eigenvalue weighted by Crippen LogP contribution is -2.26. The molecular formula is C14H16ClNO3. The van der Waals surface area contributed by atoms with E-state index in [1.54, 1.807) is 23.1 Å². The van der Waals surface area contributed by atoms with Crippen LogP contribution >= 0.6 is 11.6 Å². The summed E-state index contributed by atoms with van der Waals surface area (Å²) in [5.74, 6) is -0.373. The standard InChI is InChI=1S/C14H16ClNO3/c1-2-10-3-4-11(14(18)19)6-12(10)16-8-9(7-15)5-13(16)17/h3-4,6,9H,2,5,7-8H2,1H3,(H,18,19). The monoisotopic (exact) mass is 281 g/mol. The quantitative estimate of drug-likeness (QED) is 0.863. The Balaban J connectivity index is 2.39. The molecule has 1 aromatic rings. The molecule has 1 aromatic carbocycles. The van der Waals surface area contributed by atoms with Gasteiger partial charge in [-0.15, -0.1) is 11.6 Å². The predicted octanol–water partition coefficient (Wildman–Crippen LogP) is 2.54. The molecule has 0 saturated carbocycles. The number of carbonyl (C=O) groups excluding carboxylic acids is 1. The first kappa shape index (κ1) is 13.9.